The predicted octanol–water partition coefficient (Wildman–Crippen LogP) is 4.24. The van der Waals surface area contributed by atoms with Gasteiger partial charge in [-0.25, -0.2) is 0 Å². The van der Waals surface area contributed by atoms with Gasteiger partial charge >= 0.3 is 5.97 Å². The van der Waals surface area contributed by atoms with Crippen LogP contribution in [-0.2, 0) is 4.79 Å². The molecule has 0 amide bonds. The maximum absolute atomic E-state index is 10.5. The van der Waals surface area contributed by atoms with Crippen molar-refractivity contribution in [3.8, 4) is 0 Å². The molecule has 102 valence electrons. The van der Waals surface area contributed by atoms with Crippen molar-refractivity contribution in [1.29, 1.82) is 0 Å². The second kappa shape index (κ2) is 4.86. The fourth-order valence-electron chi connectivity index (χ4n) is 5.55. The first-order valence-electron chi connectivity index (χ1n) is 7.87. The number of unbranched alkanes of at least 4 members (excludes halogenated alkanes) is 2. The molecule has 0 radical (unpaired) electrons. The number of carboxylic acids is 1. The summed E-state index contributed by atoms with van der Waals surface area (Å²) >= 11 is 0. The van der Waals surface area contributed by atoms with Crippen molar-refractivity contribution in [2.24, 2.45) is 23.2 Å². The van der Waals surface area contributed by atoms with Crippen LogP contribution in [0.4, 0.5) is 0 Å². The highest BCUT2D eigenvalue weighted by atomic mass is 16.4. The Morgan fingerprint density at radius 2 is 1.50 bits per heavy atom. The molecule has 0 aliphatic heterocycles. The van der Waals surface area contributed by atoms with Crippen LogP contribution < -0.4 is 0 Å². The molecular formula is C16H26O2. The fourth-order valence-corrected chi connectivity index (χ4v) is 5.55. The van der Waals surface area contributed by atoms with E-state index in [1.54, 1.807) is 0 Å². The summed E-state index contributed by atoms with van der Waals surface area (Å²) in [5, 5.41) is 8.64. The van der Waals surface area contributed by atoms with Crippen molar-refractivity contribution in [2.45, 2.75) is 70.6 Å². The Morgan fingerprint density at radius 1 is 0.944 bits per heavy atom. The van der Waals surface area contributed by atoms with E-state index in [-0.39, 0.29) is 0 Å². The van der Waals surface area contributed by atoms with Gasteiger partial charge in [0.25, 0.3) is 0 Å². The second-order valence-electron chi connectivity index (χ2n) is 7.37. The Morgan fingerprint density at radius 3 is 2.00 bits per heavy atom. The summed E-state index contributed by atoms with van der Waals surface area (Å²) in [5.74, 6) is 2.52. The van der Waals surface area contributed by atoms with Gasteiger partial charge in [0.15, 0.2) is 0 Å². The third-order valence-electron chi connectivity index (χ3n) is 5.76. The third-order valence-corrected chi connectivity index (χ3v) is 5.76. The minimum atomic E-state index is -0.634. The van der Waals surface area contributed by atoms with Crippen LogP contribution in [0.25, 0.3) is 0 Å². The third kappa shape index (κ3) is 2.57. The standard InChI is InChI=1S/C16H26O2/c17-15(18)4-2-1-3-5-16-9-12-6-13(10-16)8-14(7-12)11-16/h12-14H,1-11H2,(H,17,18). The zero-order valence-electron chi connectivity index (χ0n) is 11.4. The highest BCUT2D eigenvalue weighted by Gasteiger charge is 2.50. The molecule has 0 heterocycles. The molecule has 1 N–H and O–H groups in total. The summed E-state index contributed by atoms with van der Waals surface area (Å²) in [5.41, 5.74) is 0.692. The van der Waals surface area contributed by atoms with Gasteiger partial charge in [-0.2, -0.15) is 0 Å². The highest BCUT2D eigenvalue weighted by molar-refractivity contribution is 5.66. The molecule has 0 unspecified atom stereocenters. The van der Waals surface area contributed by atoms with Crippen LogP contribution in [0, 0.1) is 23.2 Å². The maximum Gasteiger partial charge on any atom is 0.303 e. The van der Waals surface area contributed by atoms with Gasteiger partial charge in [-0.1, -0.05) is 12.8 Å². The summed E-state index contributed by atoms with van der Waals surface area (Å²) in [6.45, 7) is 0. The SMILES string of the molecule is O=C(O)CCCCCC12CC3CC(CC(C3)C1)C2. The van der Waals surface area contributed by atoms with E-state index in [9.17, 15) is 4.79 Å². The molecule has 4 aliphatic rings. The van der Waals surface area contributed by atoms with Crippen LogP contribution >= 0.6 is 0 Å². The lowest BCUT2D eigenvalue weighted by Crippen LogP contribution is -2.45. The molecule has 0 saturated heterocycles. The number of rotatable bonds is 6. The van der Waals surface area contributed by atoms with Crippen LogP contribution in [0.5, 0.6) is 0 Å². The number of hydrogen-bond acceptors (Lipinski definition) is 1. The average molecular weight is 250 g/mol. The lowest BCUT2D eigenvalue weighted by Gasteiger charge is -2.57. The summed E-state index contributed by atoms with van der Waals surface area (Å²) < 4.78 is 0. The zero-order chi connectivity index (χ0) is 12.6. The summed E-state index contributed by atoms with van der Waals surface area (Å²) in [6.07, 6.45) is 14.1. The van der Waals surface area contributed by atoms with E-state index in [1.807, 2.05) is 0 Å². The van der Waals surface area contributed by atoms with Crippen molar-refractivity contribution in [2.75, 3.05) is 0 Å². The Bertz CT molecular complexity index is 286. The zero-order valence-corrected chi connectivity index (χ0v) is 11.4. The Kier molecular flexibility index (Phi) is 3.38. The molecule has 4 rings (SSSR count). The number of hydrogen-bond donors (Lipinski definition) is 1. The molecule has 0 aromatic rings. The summed E-state index contributed by atoms with van der Waals surface area (Å²) in [4.78, 5) is 10.5. The van der Waals surface area contributed by atoms with Crippen molar-refractivity contribution < 1.29 is 9.90 Å². The van der Waals surface area contributed by atoms with Crippen molar-refractivity contribution >= 4 is 5.97 Å². The van der Waals surface area contributed by atoms with E-state index < -0.39 is 5.97 Å². The molecule has 0 aromatic carbocycles. The van der Waals surface area contributed by atoms with Gasteiger partial charge in [0.1, 0.15) is 0 Å². The van der Waals surface area contributed by atoms with Gasteiger partial charge in [-0.3, -0.25) is 4.79 Å². The molecule has 4 bridgehead atoms. The molecular weight excluding hydrogens is 224 g/mol. The molecule has 0 atom stereocenters. The van der Waals surface area contributed by atoms with Crippen molar-refractivity contribution in [3.63, 3.8) is 0 Å². The lowest BCUT2D eigenvalue weighted by atomic mass is 9.48. The first-order chi connectivity index (χ1) is 8.65. The van der Waals surface area contributed by atoms with Crippen LogP contribution in [-0.4, -0.2) is 11.1 Å². The lowest BCUT2D eigenvalue weighted by molar-refractivity contribution is -0.137. The van der Waals surface area contributed by atoms with E-state index in [0.29, 0.717) is 11.8 Å². The van der Waals surface area contributed by atoms with Gasteiger partial charge in [-0.05, 0) is 74.5 Å². The van der Waals surface area contributed by atoms with Gasteiger partial charge < -0.3 is 5.11 Å². The van der Waals surface area contributed by atoms with Crippen molar-refractivity contribution in [1.82, 2.24) is 0 Å². The van der Waals surface area contributed by atoms with E-state index in [2.05, 4.69) is 0 Å². The Balaban J connectivity index is 1.46. The minimum absolute atomic E-state index is 0.362. The highest BCUT2D eigenvalue weighted by Crippen LogP contribution is 2.61. The van der Waals surface area contributed by atoms with Gasteiger partial charge in [0.2, 0.25) is 0 Å². The van der Waals surface area contributed by atoms with Crippen LogP contribution in [0.1, 0.15) is 70.6 Å². The van der Waals surface area contributed by atoms with Gasteiger partial charge in [-0.15, -0.1) is 0 Å². The first-order valence-corrected chi connectivity index (χ1v) is 7.87. The molecule has 18 heavy (non-hydrogen) atoms. The van der Waals surface area contributed by atoms with Crippen LogP contribution in [0.3, 0.4) is 0 Å². The number of carbonyl (C=O) groups is 1. The Hall–Kier alpha value is -0.530. The quantitative estimate of drug-likeness (QED) is 0.716. The first kappa shape index (κ1) is 12.5. The summed E-state index contributed by atoms with van der Waals surface area (Å²) in [7, 11) is 0. The normalized spacial score (nSPS) is 41.2. The van der Waals surface area contributed by atoms with E-state index >= 15 is 0 Å². The van der Waals surface area contributed by atoms with Gasteiger partial charge in [0, 0.05) is 6.42 Å². The largest absolute Gasteiger partial charge is 0.481 e. The number of aliphatic carboxylic acids is 1. The molecule has 4 fully saturated rings. The smallest absolute Gasteiger partial charge is 0.303 e. The van der Waals surface area contributed by atoms with Crippen molar-refractivity contribution in [3.05, 3.63) is 0 Å². The fraction of sp³-hybridized carbons (Fsp3) is 0.938. The van der Waals surface area contributed by atoms with E-state index in [1.165, 1.54) is 51.4 Å². The number of carboxylic acid groups (broad SMARTS) is 1. The van der Waals surface area contributed by atoms with Crippen LogP contribution in [0.2, 0.25) is 0 Å². The molecule has 0 aromatic heterocycles. The molecule has 4 saturated carbocycles. The van der Waals surface area contributed by atoms with Gasteiger partial charge in [0.05, 0.1) is 0 Å². The van der Waals surface area contributed by atoms with Crippen LogP contribution in [0.15, 0.2) is 0 Å². The molecule has 2 nitrogen and oxygen atoms in total. The minimum Gasteiger partial charge on any atom is -0.481 e. The Labute approximate surface area is 110 Å². The second-order valence-corrected chi connectivity index (χ2v) is 7.37. The molecule has 4 aliphatic carbocycles. The predicted molar refractivity (Wildman–Crippen MR) is 71.3 cm³/mol. The molecule has 0 spiro atoms. The summed E-state index contributed by atoms with van der Waals surface area (Å²) in [6, 6.07) is 0. The maximum atomic E-state index is 10.5. The monoisotopic (exact) mass is 250 g/mol. The van der Waals surface area contributed by atoms with E-state index in [4.69, 9.17) is 5.11 Å². The van der Waals surface area contributed by atoms with E-state index in [0.717, 1.165) is 30.6 Å². The topological polar surface area (TPSA) is 37.3 Å². The molecule has 2 heteroatoms. The average Bonchev–Trinajstić information content (AvgIpc) is 2.25.